The van der Waals surface area contributed by atoms with Crippen LogP contribution in [-0.4, -0.2) is 55.3 Å². The first-order chi connectivity index (χ1) is 10.8. The van der Waals surface area contributed by atoms with Gasteiger partial charge in [-0.15, -0.1) is 0 Å². The normalized spacial score (nSPS) is 20.2. The molecule has 8 heteroatoms. The van der Waals surface area contributed by atoms with Gasteiger partial charge in [0.15, 0.2) is 15.0 Å². The highest BCUT2D eigenvalue weighted by molar-refractivity contribution is 7.91. The smallest absolute Gasteiger partial charge is 0.240 e. The summed E-state index contributed by atoms with van der Waals surface area (Å²) in [6, 6.07) is 5.88. The Hall–Kier alpha value is -1.51. The van der Waals surface area contributed by atoms with Crippen LogP contribution < -0.4 is 5.32 Å². The summed E-state index contributed by atoms with van der Waals surface area (Å²) in [5, 5.41) is 3.38. The first-order valence-electron chi connectivity index (χ1n) is 7.40. The number of hydrogen-bond donors (Lipinski definition) is 1. The van der Waals surface area contributed by atoms with Gasteiger partial charge in [-0.3, -0.25) is 9.69 Å². The molecule has 1 aromatic carbocycles. The Morgan fingerprint density at radius 1 is 1.48 bits per heavy atom. The van der Waals surface area contributed by atoms with E-state index < -0.39 is 9.84 Å². The SMILES string of the molecule is Cc1ccc2nc(NC(=O)CN(C)C3CCS(=O)(=O)C3)sc2c1. The van der Waals surface area contributed by atoms with Gasteiger partial charge in [0.25, 0.3) is 0 Å². The average Bonchev–Trinajstić information content (AvgIpc) is 3.00. The predicted octanol–water partition coefficient (Wildman–Crippen LogP) is 1.66. The van der Waals surface area contributed by atoms with E-state index in [0.717, 1.165) is 15.8 Å². The molecule has 124 valence electrons. The van der Waals surface area contributed by atoms with Gasteiger partial charge in [-0.2, -0.15) is 0 Å². The molecule has 0 spiro atoms. The quantitative estimate of drug-likeness (QED) is 0.904. The summed E-state index contributed by atoms with van der Waals surface area (Å²) in [5.74, 6) is 0.172. The Labute approximate surface area is 139 Å². The first-order valence-corrected chi connectivity index (χ1v) is 10.0. The van der Waals surface area contributed by atoms with Crippen molar-refractivity contribution in [1.82, 2.24) is 9.88 Å². The van der Waals surface area contributed by atoms with Crippen LogP contribution in [0.3, 0.4) is 0 Å². The van der Waals surface area contributed by atoms with Gasteiger partial charge in [-0.25, -0.2) is 13.4 Å². The number of sulfone groups is 1. The van der Waals surface area contributed by atoms with Crippen LogP contribution in [0.2, 0.25) is 0 Å². The molecular formula is C15H19N3O3S2. The summed E-state index contributed by atoms with van der Waals surface area (Å²) in [7, 11) is -1.16. The number of amides is 1. The maximum Gasteiger partial charge on any atom is 0.240 e. The summed E-state index contributed by atoms with van der Waals surface area (Å²) in [6.45, 7) is 2.18. The van der Waals surface area contributed by atoms with Crippen molar-refractivity contribution in [3.8, 4) is 0 Å². The number of rotatable bonds is 4. The Kier molecular flexibility index (Phi) is 4.39. The van der Waals surface area contributed by atoms with Crippen LogP contribution in [-0.2, 0) is 14.6 Å². The van der Waals surface area contributed by atoms with Crippen molar-refractivity contribution >= 4 is 42.4 Å². The number of nitrogens with one attached hydrogen (secondary N) is 1. The second-order valence-corrected chi connectivity index (χ2v) is 9.27. The molecule has 1 fully saturated rings. The molecule has 1 N–H and O–H groups in total. The molecular weight excluding hydrogens is 334 g/mol. The monoisotopic (exact) mass is 353 g/mol. The topological polar surface area (TPSA) is 79.4 Å². The van der Waals surface area contributed by atoms with Crippen molar-refractivity contribution in [2.24, 2.45) is 0 Å². The van der Waals surface area contributed by atoms with E-state index in [9.17, 15) is 13.2 Å². The maximum absolute atomic E-state index is 12.1. The van der Waals surface area contributed by atoms with Crippen LogP contribution in [0.1, 0.15) is 12.0 Å². The fourth-order valence-corrected chi connectivity index (χ4v) is 5.51. The minimum atomic E-state index is -2.94. The van der Waals surface area contributed by atoms with E-state index in [2.05, 4.69) is 10.3 Å². The summed E-state index contributed by atoms with van der Waals surface area (Å²) >= 11 is 1.44. The van der Waals surface area contributed by atoms with E-state index in [-0.39, 0.29) is 30.0 Å². The number of anilines is 1. The molecule has 23 heavy (non-hydrogen) atoms. The summed E-state index contributed by atoms with van der Waals surface area (Å²) < 4.78 is 24.1. The van der Waals surface area contributed by atoms with Crippen LogP contribution in [0.4, 0.5) is 5.13 Å². The van der Waals surface area contributed by atoms with Gasteiger partial charge in [-0.05, 0) is 38.1 Å². The van der Waals surface area contributed by atoms with Gasteiger partial charge in [0.1, 0.15) is 0 Å². The molecule has 2 aromatic rings. The molecule has 0 bridgehead atoms. The molecule has 2 heterocycles. The Morgan fingerprint density at radius 3 is 2.96 bits per heavy atom. The van der Waals surface area contributed by atoms with Crippen LogP contribution in [0.5, 0.6) is 0 Å². The van der Waals surface area contributed by atoms with Crippen molar-refractivity contribution in [3.05, 3.63) is 23.8 Å². The molecule has 1 aliphatic rings. The second kappa shape index (κ2) is 6.18. The number of likely N-dealkylation sites (N-methyl/N-ethyl adjacent to an activating group) is 1. The van der Waals surface area contributed by atoms with Gasteiger partial charge in [0.2, 0.25) is 5.91 Å². The third-order valence-electron chi connectivity index (χ3n) is 4.02. The largest absolute Gasteiger partial charge is 0.301 e. The predicted molar refractivity (Wildman–Crippen MR) is 92.7 cm³/mol. The number of benzene rings is 1. The molecule has 1 aliphatic heterocycles. The van der Waals surface area contributed by atoms with Crippen LogP contribution >= 0.6 is 11.3 Å². The number of aryl methyl sites for hydroxylation is 1. The highest BCUT2D eigenvalue weighted by atomic mass is 32.2. The van der Waals surface area contributed by atoms with Crippen LogP contribution in [0.25, 0.3) is 10.2 Å². The third-order valence-corrected chi connectivity index (χ3v) is 6.70. The molecule has 0 radical (unpaired) electrons. The number of aromatic nitrogens is 1. The lowest BCUT2D eigenvalue weighted by molar-refractivity contribution is -0.117. The Bertz CT molecular complexity index is 845. The van der Waals surface area contributed by atoms with Crippen molar-refractivity contribution in [2.45, 2.75) is 19.4 Å². The van der Waals surface area contributed by atoms with E-state index in [1.165, 1.54) is 11.3 Å². The molecule has 1 unspecified atom stereocenters. The third kappa shape index (κ3) is 3.88. The zero-order valence-electron chi connectivity index (χ0n) is 13.1. The van der Waals surface area contributed by atoms with E-state index in [4.69, 9.17) is 0 Å². The number of thiazole rings is 1. The second-order valence-electron chi connectivity index (χ2n) is 6.01. The Balaban J connectivity index is 1.62. The van der Waals surface area contributed by atoms with Crippen LogP contribution in [0.15, 0.2) is 18.2 Å². The van der Waals surface area contributed by atoms with E-state index in [1.54, 1.807) is 11.9 Å². The van der Waals surface area contributed by atoms with E-state index in [1.807, 2.05) is 25.1 Å². The highest BCUT2D eigenvalue weighted by Gasteiger charge is 2.31. The average molecular weight is 353 g/mol. The van der Waals surface area contributed by atoms with Gasteiger partial charge in [0.05, 0.1) is 28.3 Å². The van der Waals surface area contributed by atoms with Crippen molar-refractivity contribution in [1.29, 1.82) is 0 Å². The lowest BCUT2D eigenvalue weighted by atomic mass is 10.2. The fourth-order valence-electron chi connectivity index (χ4n) is 2.72. The molecule has 1 aromatic heterocycles. The number of hydrogen-bond acceptors (Lipinski definition) is 6. The molecule has 6 nitrogen and oxygen atoms in total. The zero-order chi connectivity index (χ0) is 16.6. The minimum absolute atomic E-state index is 0.0798. The fraction of sp³-hybridized carbons (Fsp3) is 0.467. The minimum Gasteiger partial charge on any atom is -0.301 e. The molecule has 1 atom stereocenters. The number of fused-ring (bicyclic) bond motifs is 1. The summed E-state index contributed by atoms with van der Waals surface area (Å²) in [6.07, 6.45) is 0.590. The molecule has 3 rings (SSSR count). The van der Waals surface area contributed by atoms with Crippen LogP contribution in [0, 0.1) is 6.92 Å². The molecule has 0 saturated carbocycles. The molecule has 0 aliphatic carbocycles. The lowest BCUT2D eigenvalue weighted by Gasteiger charge is -2.21. The van der Waals surface area contributed by atoms with E-state index in [0.29, 0.717) is 11.6 Å². The van der Waals surface area contributed by atoms with Gasteiger partial charge >= 0.3 is 0 Å². The maximum atomic E-state index is 12.1. The van der Waals surface area contributed by atoms with Gasteiger partial charge < -0.3 is 5.32 Å². The summed E-state index contributed by atoms with van der Waals surface area (Å²) in [5.41, 5.74) is 2.02. The summed E-state index contributed by atoms with van der Waals surface area (Å²) in [4.78, 5) is 18.3. The standard InChI is InChI=1S/C15H19N3O3S2/c1-10-3-4-12-13(7-10)22-15(16-12)17-14(19)8-18(2)11-5-6-23(20,21)9-11/h3-4,7,11H,5-6,8-9H2,1-2H3,(H,16,17,19). The van der Waals surface area contributed by atoms with Crippen molar-refractivity contribution < 1.29 is 13.2 Å². The van der Waals surface area contributed by atoms with Gasteiger partial charge in [0, 0.05) is 6.04 Å². The Morgan fingerprint density at radius 2 is 2.26 bits per heavy atom. The number of nitrogens with zero attached hydrogens (tertiary/aromatic N) is 2. The number of carbonyl (C=O) groups excluding carboxylic acids is 1. The zero-order valence-corrected chi connectivity index (χ0v) is 14.7. The van der Waals surface area contributed by atoms with E-state index >= 15 is 0 Å². The molecule has 1 saturated heterocycles. The lowest BCUT2D eigenvalue weighted by Crippen LogP contribution is -2.38. The van der Waals surface area contributed by atoms with Crippen molar-refractivity contribution in [3.63, 3.8) is 0 Å². The van der Waals surface area contributed by atoms with Crippen molar-refractivity contribution in [2.75, 3.05) is 30.4 Å². The molecule has 1 amide bonds. The first kappa shape index (κ1) is 16.4. The van der Waals surface area contributed by atoms with Gasteiger partial charge in [-0.1, -0.05) is 17.4 Å². The highest BCUT2D eigenvalue weighted by Crippen LogP contribution is 2.26. The number of carbonyl (C=O) groups is 1.